The summed E-state index contributed by atoms with van der Waals surface area (Å²) in [5, 5.41) is 6.03. The Labute approximate surface area is 190 Å². The summed E-state index contributed by atoms with van der Waals surface area (Å²) in [4.78, 5) is 17.2. The van der Waals surface area contributed by atoms with Crippen molar-refractivity contribution in [3.8, 4) is 0 Å². The van der Waals surface area contributed by atoms with Crippen LogP contribution in [0.3, 0.4) is 0 Å². The fraction of sp³-hybridized carbons (Fsp3) is 0.632. The Morgan fingerprint density at radius 1 is 1.26 bits per heavy atom. The molecule has 0 aromatic carbocycles. The summed E-state index contributed by atoms with van der Waals surface area (Å²) in [6.07, 6.45) is -10.3. The largest absolute Gasteiger partial charge is 0.414 e. The number of aromatic nitrogens is 3. The molecule has 1 saturated heterocycles. The van der Waals surface area contributed by atoms with Gasteiger partial charge in [0.2, 0.25) is 0 Å². The molecule has 0 spiro atoms. The summed E-state index contributed by atoms with van der Waals surface area (Å²) >= 11 is 0. The number of halogens is 6. The Balaban J connectivity index is 1.72. The molecule has 1 aliphatic rings. The van der Waals surface area contributed by atoms with Crippen molar-refractivity contribution in [3.05, 3.63) is 29.7 Å². The van der Waals surface area contributed by atoms with E-state index in [1.54, 1.807) is 6.07 Å². The number of urea groups is 1. The summed E-state index contributed by atoms with van der Waals surface area (Å²) in [7, 11) is 1.26. The van der Waals surface area contributed by atoms with Crippen LogP contribution in [0.4, 0.5) is 31.1 Å². The van der Waals surface area contributed by atoms with Crippen LogP contribution in [-0.4, -0.2) is 76.0 Å². The first-order valence-corrected chi connectivity index (χ1v) is 10.2. The molecule has 2 aromatic heterocycles. The molecule has 190 valence electrons. The standard InChI is InChI=1S/C19H24F6N6O3/c1-9(34-10(2)18(20,21)22)16(26)12-7-31-14(28-12)4-11(6-27-31)5-15(33-3)30-8-13(19(23,24)25)29-17(30)32/h4,6-7,9-10,13,15-16H,5,8,26H2,1-3H3,(H,29,32)/t9-,10-,13+,15+,16+/m1/s1. The SMILES string of the molecule is CO[C@@H](Cc1cnn2cc([C@@H](N)[C@@H](C)O[C@H](C)C(F)(F)F)nc2c1)N1C[C@@H](C(F)(F)F)NC1=O. The third-order valence-corrected chi connectivity index (χ3v) is 5.49. The highest BCUT2D eigenvalue weighted by Gasteiger charge is 2.48. The Morgan fingerprint density at radius 2 is 1.94 bits per heavy atom. The second kappa shape index (κ2) is 9.54. The lowest BCUT2D eigenvalue weighted by atomic mass is 10.1. The van der Waals surface area contributed by atoms with Gasteiger partial charge in [-0.25, -0.2) is 14.3 Å². The minimum Gasteiger partial charge on any atom is -0.364 e. The van der Waals surface area contributed by atoms with Crippen LogP contribution in [-0.2, 0) is 15.9 Å². The van der Waals surface area contributed by atoms with Crippen molar-refractivity contribution in [1.29, 1.82) is 0 Å². The zero-order valence-corrected chi connectivity index (χ0v) is 18.4. The van der Waals surface area contributed by atoms with Crippen molar-refractivity contribution >= 4 is 11.7 Å². The Hall–Kier alpha value is -2.65. The normalized spacial score (nSPS) is 20.9. The molecule has 3 heterocycles. The number of carbonyl (C=O) groups excluding carboxylic acids is 1. The van der Waals surface area contributed by atoms with E-state index in [0.717, 1.165) is 11.8 Å². The van der Waals surface area contributed by atoms with Gasteiger partial charge in [-0.3, -0.25) is 4.90 Å². The number of fused-ring (bicyclic) bond motifs is 1. The van der Waals surface area contributed by atoms with Crippen molar-refractivity contribution in [2.75, 3.05) is 13.7 Å². The van der Waals surface area contributed by atoms with Crippen LogP contribution in [0.5, 0.6) is 0 Å². The molecule has 1 aliphatic heterocycles. The highest BCUT2D eigenvalue weighted by molar-refractivity contribution is 5.77. The van der Waals surface area contributed by atoms with E-state index in [1.807, 2.05) is 5.32 Å². The van der Waals surface area contributed by atoms with Gasteiger partial charge in [-0.05, 0) is 25.5 Å². The zero-order valence-electron chi connectivity index (χ0n) is 18.4. The quantitative estimate of drug-likeness (QED) is 0.542. The number of amides is 2. The van der Waals surface area contributed by atoms with Crippen LogP contribution in [0.15, 0.2) is 18.5 Å². The maximum Gasteiger partial charge on any atom is 0.414 e. The average Bonchev–Trinajstić information content (AvgIpc) is 3.33. The predicted molar refractivity (Wildman–Crippen MR) is 106 cm³/mol. The Bertz CT molecular complexity index is 1010. The first-order chi connectivity index (χ1) is 15.7. The van der Waals surface area contributed by atoms with Crippen LogP contribution < -0.4 is 11.1 Å². The summed E-state index contributed by atoms with van der Waals surface area (Å²) in [6.45, 7) is 1.67. The molecule has 2 aromatic rings. The summed E-state index contributed by atoms with van der Waals surface area (Å²) < 4.78 is 88.6. The highest BCUT2D eigenvalue weighted by Crippen LogP contribution is 2.28. The Morgan fingerprint density at radius 3 is 2.50 bits per heavy atom. The summed E-state index contributed by atoms with van der Waals surface area (Å²) in [5.41, 5.74) is 7.06. The smallest absolute Gasteiger partial charge is 0.364 e. The third-order valence-electron chi connectivity index (χ3n) is 5.49. The van der Waals surface area contributed by atoms with Gasteiger partial charge in [-0.15, -0.1) is 0 Å². The lowest BCUT2D eigenvalue weighted by Gasteiger charge is -2.25. The maximum absolute atomic E-state index is 13.0. The van der Waals surface area contributed by atoms with Crippen molar-refractivity contribution in [1.82, 2.24) is 24.8 Å². The number of hydrogen-bond acceptors (Lipinski definition) is 6. The second-order valence-corrected chi connectivity index (χ2v) is 7.97. The average molecular weight is 498 g/mol. The van der Waals surface area contributed by atoms with Gasteiger partial charge >= 0.3 is 18.4 Å². The van der Waals surface area contributed by atoms with Gasteiger partial charge in [0.1, 0.15) is 12.3 Å². The molecule has 0 radical (unpaired) electrons. The van der Waals surface area contributed by atoms with E-state index in [4.69, 9.17) is 15.2 Å². The lowest BCUT2D eigenvalue weighted by Crippen LogP contribution is -2.41. The Kier molecular flexibility index (Phi) is 7.28. The molecule has 2 amide bonds. The van der Waals surface area contributed by atoms with Gasteiger partial charge in [-0.2, -0.15) is 31.4 Å². The van der Waals surface area contributed by atoms with Crippen LogP contribution in [0.1, 0.15) is 31.1 Å². The molecule has 0 aliphatic carbocycles. The number of methoxy groups -OCH3 is 1. The van der Waals surface area contributed by atoms with Crippen LogP contribution in [0, 0.1) is 0 Å². The molecular formula is C19H24F6N6O3. The molecule has 3 N–H and O–H groups in total. The van der Waals surface area contributed by atoms with Crippen LogP contribution >= 0.6 is 0 Å². The van der Waals surface area contributed by atoms with Gasteiger partial charge in [0.15, 0.2) is 11.8 Å². The van der Waals surface area contributed by atoms with Gasteiger partial charge in [0.05, 0.1) is 36.8 Å². The number of nitrogens with one attached hydrogen (secondary N) is 1. The number of rotatable bonds is 8. The van der Waals surface area contributed by atoms with E-state index in [2.05, 4.69) is 10.1 Å². The maximum atomic E-state index is 13.0. The van der Waals surface area contributed by atoms with Crippen molar-refractivity contribution in [3.63, 3.8) is 0 Å². The molecule has 9 nitrogen and oxygen atoms in total. The lowest BCUT2D eigenvalue weighted by molar-refractivity contribution is -0.227. The number of carbonyl (C=O) groups is 1. The molecule has 15 heteroatoms. The van der Waals surface area contributed by atoms with Gasteiger partial charge in [0, 0.05) is 13.5 Å². The molecule has 1 fully saturated rings. The first kappa shape index (κ1) is 26.0. The van der Waals surface area contributed by atoms with Crippen molar-refractivity contribution in [2.24, 2.45) is 5.73 Å². The second-order valence-electron chi connectivity index (χ2n) is 7.97. The number of imidazole rings is 1. The van der Waals surface area contributed by atoms with E-state index in [0.29, 0.717) is 11.2 Å². The number of nitrogens with two attached hydrogens (primary N) is 1. The molecule has 0 bridgehead atoms. The van der Waals surface area contributed by atoms with E-state index >= 15 is 0 Å². The van der Waals surface area contributed by atoms with E-state index in [1.165, 1.54) is 30.9 Å². The van der Waals surface area contributed by atoms with Crippen LogP contribution in [0.25, 0.3) is 5.65 Å². The molecule has 3 rings (SSSR count). The molecular weight excluding hydrogens is 474 g/mol. The molecule has 0 unspecified atom stereocenters. The predicted octanol–water partition coefficient (Wildman–Crippen LogP) is 2.56. The molecule has 0 saturated carbocycles. The zero-order chi connectivity index (χ0) is 25.4. The fourth-order valence-corrected chi connectivity index (χ4v) is 3.44. The topological polar surface area (TPSA) is 107 Å². The van der Waals surface area contributed by atoms with E-state index in [9.17, 15) is 31.1 Å². The van der Waals surface area contributed by atoms with Gasteiger partial charge in [0.25, 0.3) is 0 Å². The third kappa shape index (κ3) is 5.70. The van der Waals surface area contributed by atoms with Crippen molar-refractivity contribution in [2.45, 2.75) is 63.1 Å². The fourth-order valence-electron chi connectivity index (χ4n) is 3.44. The number of alkyl halides is 6. The minimum atomic E-state index is -4.59. The summed E-state index contributed by atoms with van der Waals surface area (Å²) in [6, 6.07) is -2.32. The van der Waals surface area contributed by atoms with E-state index in [-0.39, 0.29) is 12.1 Å². The van der Waals surface area contributed by atoms with Crippen LogP contribution in [0.2, 0.25) is 0 Å². The number of ether oxygens (including phenoxy) is 2. The van der Waals surface area contributed by atoms with Gasteiger partial charge < -0.3 is 20.5 Å². The number of hydrogen-bond donors (Lipinski definition) is 2. The summed E-state index contributed by atoms with van der Waals surface area (Å²) in [5.74, 6) is 0. The van der Waals surface area contributed by atoms with E-state index < -0.39 is 55.4 Å². The molecule has 5 atom stereocenters. The monoisotopic (exact) mass is 498 g/mol. The molecule has 34 heavy (non-hydrogen) atoms. The highest BCUT2D eigenvalue weighted by atomic mass is 19.4. The first-order valence-electron chi connectivity index (χ1n) is 10.2. The number of nitrogens with zero attached hydrogens (tertiary/aromatic N) is 4. The van der Waals surface area contributed by atoms with Crippen molar-refractivity contribution < 1.29 is 40.6 Å². The minimum absolute atomic E-state index is 0.0227. The van der Waals surface area contributed by atoms with Gasteiger partial charge in [-0.1, -0.05) is 0 Å².